The molecule has 1 aliphatic rings. The zero-order chi connectivity index (χ0) is 25.4. The van der Waals surface area contributed by atoms with Gasteiger partial charge < -0.3 is 21.5 Å². The number of carbonyl (C=O) groups excluding carboxylic acids is 1. The third-order valence-corrected chi connectivity index (χ3v) is 8.64. The smallest absolute Gasteiger partial charge is 0.251 e. The summed E-state index contributed by atoms with van der Waals surface area (Å²) in [6, 6.07) is 11.3. The predicted molar refractivity (Wildman–Crippen MR) is 135 cm³/mol. The third-order valence-electron chi connectivity index (χ3n) is 5.79. The van der Waals surface area contributed by atoms with Gasteiger partial charge in [-0.05, 0) is 50.1 Å². The van der Waals surface area contributed by atoms with E-state index in [1.54, 1.807) is 38.1 Å². The lowest BCUT2D eigenvalue weighted by atomic mass is 9.96. The summed E-state index contributed by atoms with van der Waals surface area (Å²) in [6.45, 7) is 3.55. The summed E-state index contributed by atoms with van der Waals surface area (Å²) in [5.41, 5.74) is 6.02. The third kappa shape index (κ3) is 6.04. The van der Waals surface area contributed by atoms with Crippen molar-refractivity contribution < 1.29 is 22.7 Å². The molecule has 186 valence electrons. The highest BCUT2D eigenvalue weighted by molar-refractivity contribution is 7.91. The molecule has 11 heteroatoms. The Labute approximate surface area is 207 Å². The van der Waals surface area contributed by atoms with Crippen molar-refractivity contribution in [1.82, 2.24) is 10.3 Å². The molecule has 35 heavy (non-hydrogen) atoms. The Morgan fingerprint density at radius 1 is 1.29 bits per heavy atom. The largest absolute Gasteiger partial charge is 0.386 e. The average Bonchev–Trinajstić information content (AvgIpc) is 3.34. The molecule has 0 radical (unpaired) electrons. The van der Waals surface area contributed by atoms with Crippen molar-refractivity contribution in [3.63, 3.8) is 0 Å². The lowest BCUT2D eigenvalue weighted by molar-refractivity contribution is 0.0782. The second-order valence-electron chi connectivity index (χ2n) is 9.09. The number of hydrogen-bond acceptors (Lipinski definition) is 8. The van der Waals surface area contributed by atoms with Gasteiger partial charge in [-0.2, -0.15) is 0 Å². The zero-order valence-corrected chi connectivity index (χ0v) is 21.0. The topological polar surface area (TPSA) is 134 Å². The molecule has 3 aromatic rings. The van der Waals surface area contributed by atoms with E-state index >= 15 is 0 Å². The maximum Gasteiger partial charge on any atom is 0.251 e. The van der Waals surface area contributed by atoms with Crippen LogP contribution in [0.2, 0.25) is 0 Å². The number of amides is 1. The van der Waals surface area contributed by atoms with Crippen molar-refractivity contribution in [2.75, 3.05) is 16.8 Å². The molecular formula is C24H27FN4O4S2. The van der Waals surface area contributed by atoms with Crippen molar-refractivity contribution in [2.24, 2.45) is 5.73 Å². The Morgan fingerprint density at radius 2 is 2.06 bits per heavy atom. The Hall–Kier alpha value is -2.86. The quantitative estimate of drug-likeness (QED) is 0.359. The van der Waals surface area contributed by atoms with Crippen molar-refractivity contribution in [2.45, 2.75) is 38.5 Å². The first-order valence-electron chi connectivity index (χ1n) is 11.0. The summed E-state index contributed by atoms with van der Waals surface area (Å²) in [5.74, 6) is -0.398. The van der Waals surface area contributed by atoms with Crippen molar-refractivity contribution in [3.05, 3.63) is 65.1 Å². The summed E-state index contributed by atoms with van der Waals surface area (Å²) in [6.07, 6.45) is 0.577. The van der Waals surface area contributed by atoms with Gasteiger partial charge in [0.25, 0.3) is 5.91 Å². The first-order chi connectivity index (χ1) is 16.4. The number of aliphatic hydroxyl groups is 1. The van der Waals surface area contributed by atoms with E-state index in [0.29, 0.717) is 39.9 Å². The molecule has 0 spiro atoms. The first kappa shape index (κ1) is 25.2. The number of pyridine rings is 1. The summed E-state index contributed by atoms with van der Waals surface area (Å²) < 4.78 is 38.1. The molecule has 5 N–H and O–H groups in total. The summed E-state index contributed by atoms with van der Waals surface area (Å²) in [5, 5.41) is 16.9. The Kier molecular flexibility index (Phi) is 6.96. The monoisotopic (exact) mass is 518 g/mol. The van der Waals surface area contributed by atoms with E-state index in [-0.39, 0.29) is 28.7 Å². The van der Waals surface area contributed by atoms with Gasteiger partial charge >= 0.3 is 0 Å². The molecule has 2 aromatic heterocycles. The predicted octanol–water partition coefficient (Wildman–Crippen LogP) is 3.30. The highest BCUT2D eigenvalue weighted by Gasteiger charge is 2.27. The molecule has 1 saturated heterocycles. The van der Waals surface area contributed by atoms with Gasteiger partial charge in [0.1, 0.15) is 16.6 Å². The summed E-state index contributed by atoms with van der Waals surface area (Å²) in [4.78, 5) is 17.1. The molecule has 0 aliphatic carbocycles. The number of nitrogens with zero attached hydrogens (tertiary/aromatic N) is 1. The minimum atomic E-state index is -2.97. The number of rotatable bonds is 8. The van der Waals surface area contributed by atoms with Gasteiger partial charge in [0.05, 0.1) is 28.4 Å². The number of nitrogens with one attached hydrogen (secondary N) is 2. The fourth-order valence-electron chi connectivity index (χ4n) is 3.86. The number of benzene rings is 1. The number of hydrogen-bond donors (Lipinski definition) is 4. The van der Waals surface area contributed by atoms with Crippen LogP contribution in [-0.2, 0) is 22.0 Å². The normalized spacial score (nSPS) is 17.4. The lowest BCUT2D eigenvalue weighted by Gasteiger charge is -2.18. The second-order valence-corrected chi connectivity index (χ2v) is 12.4. The minimum absolute atomic E-state index is 0.0996. The van der Waals surface area contributed by atoms with Gasteiger partial charge in [0.15, 0.2) is 9.84 Å². The van der Waals surface area contributed by atoms with Crippen LogP contribution in [0.5, 0.6) is 0 Å². The number of primary amides is 1. The fraction of sp³-hybridized carbons (Fsp3) is 0.333. The van der Waals surface area contributed by atoms with Gasteiger partial charge in [-0.3, -0.25) is 4.79 Å². The van der Waals surface area contributed by atoms with E-state index in [1.807, 2.05) is 6.07 Å². The number of anilines is 2. The van der Waals surface area contributed by atoms with E-state index in [4.69, 9.17) is 5.73 Å². The number of carbonyl (C=O) groups is 1. The molecule has 0 saturated carbocycles. The number of thiophene rings is 1. The standard InChI is InChI=1S/C24H27FN4O4S2/c1-24(2,31)14-6-7-17(19(25)10-14)20-11-18(22(26)30)23(34-20)29-21-5-3-4-15(28-21)12-27-16-8-9-35(32,33)13-16/h3-7,10-11,16,27,31H,8-9,12-13H2,1-2H3,(H2,26,30)(H,28,29). The van der Waals surface area contributed by atoms with Gasteiger partial charge in [0.2, 0.25) is 0 Å². The Morgan fingerprint density at radius 3 is 2.69 bits per heavy atom. The molecule has 1 aliphatic heterocycles. The highest BCUT2D eigenvalue weighted by atomic mass is 32.2. The van der Waals surface area contributed by atoms with Crippen molar-refractivity contribution in [3.8, 4) is 10.4 Å². The summed E-state index contributed by atoms with van der Waals surface area (Å²) in [7, 11) is -2.97. The molecule has 0 bridgehead atoms. The maximum atomic E-state index is 14.9. The second kappa shape index (κ2) is 9.65. The van der Waals surface area contributed by atoms with E-state index in [2.05, 4.69) is 15.6 Å². The molecule has 4 rings (SSSR count). The van der Waals surface area contributed by atoms with E-state index in [9.17, 15) is 22.7 Å². The van der Waals surface area contributed by atoms with Gasteiger partial charge in [0, 0.05) is 23.0 Å². The minimum Gasteiger partial charge on any atom is -0.386 e. The number of sulfone groups is 1. The van der Waals surface area contributed by atoms with E-state index in [1.165, 1.54) is 23.5 Å². The zero-order valence-electron chi connectivity index (χ0n) is 19.3. The summed E-state index contributed by atoms with van der Waals surface area (Å²) >= 11 is 1.17. The van der Waals surface area contributed by atoms with Gasteiger partial charge in [-0.15, -0.1) is 11.3 Å². The molecule has 1 fully saturated rings. The van der Waals surface area contributed by atoms with Crippen LogP contribution in [0.3, 0.4) is 0 Å². The van der Waals surface area contributed by atoms with Crippen LogP contribution in [0.4, 0.5) is 15.2 Å². The van der Waals surface area contributed by atoms with Crippen molar-refractivity contribution in [1.29, 1.82) is 0 Å². The highest BCUT2D eigenvalue weighted by Crippen LogP contribution is 2.38. The Bertz CT molecular complexity index is 1370. The van der Waals surface area contributed by atoms with Crippen LogP contribution >= 0.6 is 11.3 Å². The first-order valence-corrected chi connectivity index (χ1v) is 13.7. The van der Waals surface area contributed by atoms with Gasteiger partial charge in [-0.25, -0.2) is 17.8 Å². The molecule has 1 amide bonds. The van der Waals surface area contributed by atoms with Crippen LogP contribution < -0.4 is 16.4 Å². The Balaban J connectivity index is 1.54. The van der Waals surface area contributed by atoms with Gasteiger partial charge in [-0.1, -0.05) is 18.2 Å². The number of nitrogens with two attached hydrogens (primary N) is 1. The van der Waals surface area contributed by atoms with Crippen molar-refractivity contribution >= 4 is 37.9 Å². The van der Waals surface area contributed by atoms with Crippen LogP contribution in [0, 0.1) is 5.82 Å². The molecule has 8 nitrogen and oxygen atoms in total. The van der Waals surface area contributed by atoms with Crippen LogP contribution in [0.1, 0.15) is 41.9 Å². The average molecular weight is 519 g/mol. The van der Waals surface area contributed by atoms with Crippen LogP contribution in [0.15, 0.2) is 42.5 Å². The maximum absolute atomic E-state index is 14.9. The van der Waals surface area contributed by atoms with E-state index in [0.717, 1.165) is 0 Å². The SMILES string of the molecule is CC(C)(O)c1ccc(-c2cc(C(N)=O)c(Nc3cccc(CNC4CCS(=O)(=O)C4)n3)s2)c(F)c1. The molecule has 1 aromatic carbocycles. The molecule has 3 heterocycles. The number of aromatic nitrogens is 1. The lowest BCUT2D eigenvalue weighted by Crippen LogP contribution is -2.29. The number of halogens is 1. The molecular weight excluding hydrogens is 491 g/mol. The van der Waals surface area contributed by atoms with Crippen LogP contribution in [-0.4, -0.2) is 42.0 Å². The molecule has 1 unspecified atom stereocenters. The fourth-order valence-corrected chi connectivity index (χ4v) is 6.67. The van der Waals surface area contributed by atoms with E-state index < -0.39 is 27.2 Å². The molecule has 1 atom stereocenters. The van der Waals surface area contributed by atoms with Crippen LogP contribution in [0.25, 0.3) is 10.4 Å².